The number of benzene rings is 1. The third-order valence-electron chi connectivity index (χ3n) is 6.15. The normalized spacial score (nSPS) is 11.5. The van der Waals surface area contributed by atoms with Crippen molar-refractivity contribution < 1.29 is 24.3 Å². The van der Waals surface area contributed by atoms with Crippen molar-refractivity contribution in [1.29, 1.82) is 0 Å². The molecule has 0 aliphatic carbocycles. The number of aromatic amines is 1. The molecule has 3 amide bonds. The van der Waals surface area contributed by atoms with E-state index in [0.29, 0.717) is 37.3 Å². The molecular formula is C27H35N9O6. The summed E-state index contributed by atoms with van der Waals surface area (Å²) in [5.41, 5.74) is 6.58. The van der Waals surface area contributed by atoms with E-state index in [1.54, 1.807) is 12.1 Å². The summed E-state index contributed by atoms with van der Waals surface area (Å²) in [6.07, 6.45) is 3.99. The molecule has 0 radical (unpaired) electrons. The second-order valence-corrected chi connectivity index (χ2v) is 9.43. The van der Waals surface area contributed by atoms with Gasteiger partial charge in [0.25, 0.3) is 11.5 Å². The van der Waals surface area contributed by atoms with Crippen molar-refractivity contribution in [2.75, 3.05) is 24.1 Å². The van der Waals surface area contributed by atoms with Gasteiger partial charge in [0.1, 0.15) is 6.04 Å². The van der Waals surface area contributed by atoms with Gasteiger partial charge in [-0.1, -0.05) is 6.42 Å². The van der Waals surface area contributed by atoms with Crippen LogP contribution in [0.1, 0.15) is 61.5 Å². The highest BCUT2D eigenvalue weighted by Crippen LogP contribution is 2.12. The molecule has 3 aromatic rings. The molecule has 0 spiro atoms. The van der Waals surface area contributed by atoms with E-state index in [2.05, 4.69) is 41.2 Å². The fourth-order valence-electron chi connectivity index (χ4n) is 3.95. The Bertz CT molecular complexity index is 1460. The maximum absolute atomic E-state index is 12.6. The summed E-state index contributed by atoms with van der Waals surface area (Å²) in [6, 6.07) is 5.09. The van der Waals surface area contributed by atoms with Crippen molar-refractivity contribution in [3.05, 3.63) is 52.1 Å². The average Bonchev–Trinajstić information content (AvgIpc) is 2.96. The minimum atomic E-state index is -1.24. The minimum Gasteiger partial charge on any atom is -0.480 e. The molecule has 2 heterocycles. The Morgan fingerprint density at radius 3 is 2.45 bits per heavy atom. The van der Waals surface area contributed by atoms with Gasteiger partial charge in [-0.3, -0.25) is 24.2 Å². The molecular weight excluding hydrogens is 546 g/mol. The summed E-state index contributed by atoms with van der Waals surface area (Å²) in [4.78, 5) is 74.5. The second-order valence-electron chi connectivity index (χ2n) is 9.43. The van der Waals surface area contributed by atoms with Crippen molar-refractivity contribution in [3.63, 3.8) is 0 Å². The molecule has 1 atom stereocenters. The number of carboxylic acids is 1. The zero-order valence-electron chi connectivity index (χ0n) is 23.2. The summed E-state index contributed by atoms with van der Waals surface area (Å²) in [5, 5.41) is 20.5. The molecule has 0 aliphatic rings. The van der Waals surface area contributed by atoms with Gasteiger partial charge < -0.3 is 32.1 Å². The lowest BCUT2D eigenvalue weighted by atomic mass is 10.1. The first-order chi connectivity index (χ1) is 20.2. The Labute approximate surface area is 241 Å². The molecule has 42 heavy (non-hydrogen) atoms. The van der Waals surface area contributed by atoms with Gasteiger partial charge >= 0.3 is 5.97 Å². The lowest BCUT2D eigenvalue weighted by Crippen LogP contribution is -2.41. The topological polar surface area (TPSA) is 234 Å². The number of amides is 3. The highest BCUT2D eigenvalue weighted by molar-refractivity contribution is 5.97. The third-order valence-corrected chi connectivity index (χ3v) is 6.15. The quantitative estimate of drug-likeness (QED) is 0.116. The highest BCUT2D eigenvalue weighted by atomic mass is 16.4. The molecule has 8 N–H and O–H groups in total. The van der Waals surface area contributed by atoms with Gasteiger partial charge in [-0.25, -0.2) is 14.8 Å². The Hall–Kier alpha value is -5.08. The van der Waals surface area contributed by atoms with Crippen molar-refractivity contribution in [2.24, 2.45) is 0 Å². The zero-order chi connectivity index (χ0) is 30.5. The summed E-state index contributed by atoms with van der Waals surface area (Å²) >= 11 is 0. The van der Waals surface area contributed by atoms with Crippen LogP contribution in [0.15, 0.2) is 35.3 Å². The van der Waals surface area contributed by atoms with Crippen molar-refractivity contribution >= 4 is 46.5 Å². The highest BCUT2D eigenvalue weighted by Gasteiger charge is 2.21. The molecule has 0 saturated carbocycles. The summed E-state index contributed by atoms with van der Waals surface area (Å²) in [5.74, 6) is -2.19. The molecule has 1 aromatic carbocycles. The first-order valence-corrected chi connectivity index (χ1v) is 13.6. The number of aliphatic carboxylic acids is 1. The van der Waals surface area contributed by atoms with Crippen LogP contribution in [0.3, 0.4) is 0 Å². The number of nitrogens with zero attached hydrogens (tertiary/aromatic N) is 3. The van der Waals surface area contributed by atoms with Gasteiger partial charge in [0.2, 0.25) is 17.8 Å². The molecule has 3 rings (SSSR count). The predicted octanol–water partition coefficient (Wildman–Crippen LogP) is 0.683. The van der Waals surface area contributed by atoms with Gasteiger partial charge in [0.05, 0.1) is 18.4 Å². The number of hydrogen-bond donors (Lipinski definition) is 7. The minimum absolute atomic E-state index is 0.00733. The number of unbranched alkanes of at least 4 members (excludes halogenated alkanes) is 2. The fraction of sp³-hybridized carbons (Fsp3) is 0.407. The number of carbonyl (C=O) groups is 4. The first kappa shape index (κ1) is 31.4. The van der Waals surface area contributed by atoms with Gasteiger partial charge in [-0.05, 0) is 50.5 Å². The van der Waals surface area contributed by atoms with E-state index in [0.717, 1.165) is 12.8 Å². The van der Waals surface area contributed by atoms with Crippen LogP contribution in [0.5, 0.6) is 0 Å². The third kappa shape index (κ3) is 9.83. The Balaban J connectivity index is 1.42. The SMILES string of the molecule is CCNC(=O)CCCCCNC(=O)CCC(NC(=O)c1ccc(NCc2cnc3nc(N)[nH]c(=O)c3n2)cc1)C(=O)O. The number of anilines is 2. The predicted molar refractivity (Wildman–Crippen MR) is 154 cm³/mol. The van der Waals surface area contributed by atoms with Crippen molar-refractivity contribution in [3.8, 4) is 0 Å². The molecule has 0 fully saturated rings. The molecule has 0 bridgehead atoms. The average molecular weight is 582 g/mol. The number of carbonyl (C=O) groups excluding carboxylic acids is 3. The van der Waals surface area contributed by atoms with Crippen LogP contribution in [-0.2, 0) is 20.9 Å². The molecule has 1 unspecified atom stereocenters. The number of nitrogens with one attached hydrogen (secondary N) is 5. The standard InChI is InChI=1S/C27H35N9O6/c1-2-29-20(37)6-4-3-5-13-30-21(38)12-11-19(26(41)42)34-24(39)16-7-9-17(10-8-16)31-14-18-15-32-23-22(33-18)25(40)36-27(28)35-23/h7-10,15,19,31H,2-6,11-14H2,1H3,(H,29,37)(H,30,38)(H,34,39)(H,41,42)(H3,28,32,35,36,40). The van der Waals surface area contributed by atoms with Gasteiger partial charge in [0, 0.05) is 37.2 Å². The Morgan fingerprint density at radius 1 is 1.00 bits per heavy atom. The lowest BCUT2D eigenvalue weighted by Gasteiger charge is -2.15. The number of aromatic nitrogens is 4. The maximum Gasteiger partial charge on any atom is 0.326 e. The molecule has 0 saturated heterocycles. The fourth-order valence-corrected chi connectivity index (χ4v) is 3.95. The summed E-state index contributed by atoms with van der Waals surface area (Å²) < 4.78 is 0. The summed E-state index contributed by atoms with van der Waals surface area (Å²) in [7, 11) is 0. The molecule has 224 valence electrons. The number of hydrogen-bond acceptors (Lipinski definition) is 10. The van der Waals surface area contributed by atoms with Crippen molar-refractivity contribution in [2.45, 2.75) is 58.0 Å². The van der Waals surface area contributed by atoms with Crippen LogP contribution in [0.25, 0.3) is 11.2 Å². The number of carboxylic acid groups (broad SMARTS) is 1. The van der Waals surface area contributed by atoms with Gasteiger partial charge in [-0.15, -0.1) is 0 Å². The first-order valence-electron chi connectivity index (χ1n) is 13.6. The second kappa shape index (κ2) is 15.6. The monoisotopic (exact) mass is 581 g/mol. The van der Waals surface area contributed by atoms with Gasteiger partial charge in [0.15, 0.2) is 11.2 Å². The Morgan fingerprint density at radius 2 is 1.74 bits per heavy atom. The van der Waals surface area contributed by atoms with E-state index in [1.807, 2.05) is 6.92 Å². The zero-order valence-corrected chi connectivity index (χ0v) is 23.2. The number of fused-ring (bicyclic) bond motifs is 1. The van der Waals surface area contributed by atoms with E-state index in [1.165, 1.54) is 18.3 Å². The van der Waals surface area contributed by atoms with Crippen LogP contribution in [0, 0.1) is 0 Å². The van der Waals surface area contributed by atoms with E-state index >= 15 is 0 Å². The van der Waals surface area contributed by atoms with Crippen LogP contribution >= 0.6 is 0 Å². The summed E-state index contributed by atoms with van der Waals surface area (Å²) in [6.45, 7) is 3.12. The van der Waals surface area contributed by atoms with Crippen LogP contribution in [0.2, 0.25) is 0 Å². The number of rotatable bonds is 16. The number of nitrogen functional groups attached to an aromatic ring is 1. The molecule has 15 heteroatoms. The number of H-pyrrole nitrogens is 1. The van der Waals surface area contributed by atoms with E-state index in [9.17, 15) is 29.1 Å². The largest absolute Gasteiger partial charge is 0.480 e. The van der Waals surface area contributed by atoms with Crippen LogP contribution < -0.4 is 32.6 Å². The lowest BCUT2D eigenvalue weighted by molar-refractivity contribution is -0.139. The Kier molecular flexibility index (Phi) is 11.7. The van der Waals surface area contributed by atoms with Crippen LogP contribution in [0.4, 0.5) is 11.6 Å². The van der Waals surface area contributed by atoms with E-state index in [-0.39, 0.29) is 53.9 Å². The smallest absolute Gasteiger partial charge is 0.326 e. The van der Waals surface area contributed by atoms with Gasteiger partial charge in [-0.2, -0.15) is 4.98 Å². The van der Waals surface area contributed by atoms with Crippen LogP contribution in [-0.4, -0.2) is 67.9 Å². The molecule has 15 nitrogen and oxygen atoms in total. The molecule has 2 aromatic heterocycles. The van der Waals surface area contributed by atoms with E-state index in [4.69, 9.17) is 5.73 Å². The van der Waals surface area contributed by atoms with E-state index < -0.39 is 23.5 Å². The molecule has 0 aliphatic heterocycles. The number of nitrogens with two attached hydrogens (primary N) is 1. The maximum atomic E-state index is 12.6. The van der Waals surface area contributed by atoms with Crippen molar-refractivity contribution in [1.82, 2.24) is 35.9 Å².